The van der Waals surface area contributed by atoms with Crippen LogP contribution in [0.2, 0.25) is 0 Å². The molecule has 0 aromatic carbocycles. The topological polar surface area (TPSA) is 63.6 Å². The van der Waals surface area contributed by atoms with Gasteiger partial charge in [0.25, 0.3) is 0 Å². The third-order valence-corrected chi connectivity index (χ3v) is 0.632. The molecule has 4 nitrogen and oxygen atoms in total. The molecule has 0 spiro atoms. The third kappa shape index (κ3) is 10.8. The molecule has 0 aromatic rings. The molecule has 0 rings (SSSR count). The van der Waals surface area contributed by atoms with Gasteiger partial charge in [-0.3, -0.25) is 8.74 Å². The quantitative estimate of drug-likeness (QED) is 0.473. The van der Waals surface area contributed by atoms with Gasteiger partial charge in [-0.25, -0.2) is 0 Å². The number of rotatable bonds is 1. The van der Waals surface area contributed by atoms with E-state index in [0.717, 1.165) is 7.11 Å². The standard InChI is InChI=1S/CH4O4S.Pb.2H/c1-5-6(2,3)4;;;/h1H3,(H,2,3,4);;;. The molecule has 0 amide bonds. The molecule has 0 aliphatic carbocycles. The van der Waals surface area contributed by atoms with Gasteiger partial charge in [-0.2, -0.15) is 8.42 Å². The van der Waals surface area contributed by atoms with Crippen molar-refractivity contribution in [3.8, 4) is 0 Å². The van der Waals surface area contributed by atoms with Gasteiger partial charge < -0.3 is 0 Å². The van der Waals surface area contributed by atoms with Gasteiger partial charge in [0.05, 0.1) is 7.11 Å². The van der Waals surface area contributed by atoms with E-state index in [-0.39, 0.29) is 27.3 Å². The summed E-state index contributed by atoms with van der Waals surface area (Å²) in [6, 6.07) is 0. The summed E-state index contributed by atoms with van der Waals surface area (Å²) < 4.78 is 29.7. The Morgan fingerprint density at radius 2 is 1.71 bits per heavy atom. The van der Waals surface area contributed by atoms with Gasteiger partial charge in [0.2, 0.25) is 0 Å². The van der Waals surface area contributed by atoms with Crippen molar-refractivity contribution in [2.24, 2.45) is 0 Å². The maximum absolute atomic E-state index is 9.33. The minimum atomic E-state index is -4.16. The van der Waals surface area contributed by atoms with E-state index in [1.165, 1.54) is 0 Å². The van der Waals surface area contributed by atoms with Crippen molar-refractivity contribution in [2.45, 2.75) is 0 Å². The molecule has 0 saturated heterocycles. The molecule has 0 aliphatic heterocycles. The Balaban J connectivity index is 0. The molecule has 1 N–H and O–H groups in total. The van der Waals surface area contributed by atoms with E-state index in [4.69, 9.17) is 4.55 Å². The number of hydrogen-bond acceptors (Lipinski definition) is 3. The molecule has 0 fully saturated rings. The Bertz CT molecular complexity index is 114. The van der Waals surface area contributed by atoms with Crippen molar-refractivity contribution in [3.05, 3.63) is 0 Å². The van der Waals surface area contributed by atoms with Crippen LogP contribution >= 0.6 is 0 Å². The van der Waals surface area contributed by atoms with E-state index in [1.807, 2.05) is 0 Å². The summed E-state index contributed by atoms with van der Waals surface area (Å²) in [4.78, 5) is 0. The van der Waals surface area contributed by atoms with E-state index in [2.05, 4.69) is 4.18 Å². The van der Waals surface area contributed by atoms with Crippen LogP contribution in [-0.2, 0) is 14.6 Å². The van der Waals surface area contributed by atoms with Gasteiger partial charge in [0, 0.05) is 0 Å². The molecule has 0 atom stereocenters. The first kappa shape index (κ1) is 10.7. The Labute approximate surface area is 62.0 Å². The van der Waals surface area contributed by atoms with E-state index in [1.54, 1.807) is 0 Å². The molecule has 7 heavy (non-hydrogen) atoms. The molecule has 0 saturated carbocycles. The normalized spacial score (nSPS) is 10.0. The second kappa shape index (κ2) is 3.75. The zero-order valence-corrected chi connectivity index (χ0v) is 10.1. The summed E-state index contributed by atoms with van der Waals surface area (Å²) in [7, 11) is -3.29. The van der Waals surface area contributed by atoms with Crippen LogP contribution in [0.5, 0.6) is 0 Å². The molecule has 0 heterocycles. The van der Waals surface area contributed by atoms with Crippen molar-refractivity contribution in [1.29, 1.82) is 0 Å². The fourth-order valence-electron chi connectivity index (χ4n) is 0. The summed E-state index contributed by atoms with van der Waals surface area (Å²) in [5, 5.41) is 0. The van der Waals surface area contributed by atoms with Crippen molar-refractivity contribution >= 4 is 37.7 Å². The van der Waals surface area contributed by atoms with Crippen molar-refractivity contribution in [2.75, 3.05) is 7.11 Å². The van der Waals surface area contributed by atoms with E-state index >= 15 is 0 Å². The second-order valence-corrected chi connectivity index (χ2v) is 1.78. The van der Waals surface area contributed by atoms with Gasteiger partial charge in [-0.1, -0.05) is 0 Å². The van der Waals surface area contributed by atoms with Crippen LogP contribution in [0.4, 0.5) is 0 Å². The van der Waals surface area contributed by atoms with Crippen LogP contribution in [0.3, 0.4) is 0 Å². The first-order chi connectivity index (χ1) is 2.56. The van der Waals surface area contributed by atoms with E-state index in [0.29, 0.717) is 0 Å². The average Bonchev–Trinajstić information content (AvgIpc) is 1.35. The first-order valence-corrected chi connectivity index (χ1v) is 2.46. The first-order valence-electron chi connectivity index (χ1n) is 1.09. The molecular formula is CH6O4PbS. The van der Waals surface area contributed by atoms with Crippen LogP contribution < -0.4 is 0 Å². The number of hydrogen-bond donors (Lipinski definition) is 1. The Hall–Kier alpha value is 0.792. The zero-order chi connectivity index (χ0) is 5.21. The van der Waals surface area contributed by atoms with Gasteiger partial charge in [0.15, 0.2) is 0 Å². The minimum absolute atomic E-state index is 0. The Morgan fingerprint density at radius 3 is 1.71 bits per heavy atom. The molecule has 0 unspecified atom stereocenters. The van der Waals surface area contributed by atoms with Crippen LogP contribution in [0.15, 0.2) is 0 Å². The molecule has 6 heteroatoms. The molecule has 2 radical (unpaired) electrons. The fraction of sp³-hybridized carbons (Fsp3) is 1.00. The molecule has 0 bridgehead atoms. The van der Waals surface area contributed by atoms with Crippen molar-refractivity contribution in [3.63, 3.8) is 0 Å². The van der Waals surface area contributed by atoms with E-state index < -0.39 is 10.4 Å². The predicted molar refractivity (Wildman–Crippen MR) is 27.1 cm³/mol. The monoisotopic (exact) mass is 322 g/mol. The molecule has 44 valence electrons. The summed E-state index contributed by atoms with van der Waals surface area (Å²) >= 11 is 0. The van der Waals surface area contributed by atoms with Gasteiger partial charge in [-0.05, 0) is 0 Å². The zero-order valence-electron chi connectivity index (χ0n) is 3.79. The van der Waals surface area contributed by atoms with Crippen LogP contribution in [0.25, 0.3) is 0 Å². The Kier molecular flexibility index (Phi) is 5.74. The van der Waals surface area contributed by atoms with Gasteiger partial charge in [0.1, 0.15) is 0 Å². The summed E-state index contributed by atoms with van der Waals surface area (Å²) in [6.45, 7) is 0. The second-order valence-electron chi connectivity index (χ2n) is 0.594. The van der Waals surface area contributed by atoms with Gasteiger partial charge in [-0.15, -0.1) is 0 Å². The van der Waals surface area contributed by atoms with Crippen molar-refractivity contribution < 1.29 is 17.2 Å². The van der Waals surface area contributed by atoms with Gasteiger partial charge >= 0.3 is 37.7 Å². The molecule has 0 aromatic heterocycles. The van der Waals surface area contributed by atoms with Crippen molar-refractivity contribution in [1.82, 2.24) is 0 Å². The predicted octanol–water partition coefficient (Wildman–Crippen LogP) is -1.48. The SMILES string of the molecule is COS(=O)(=O)O.[PbH2]. The van der Waals surface area contributed by atoms with Crippen LogP contribution in [0, 0.1) is 0 Å². The maximum atomic E-state index is 9.33. The fourth-order valence-corrected chi connectivity index (χ4v) is 0. The molecule has 0 aliphatic rings. The molecular weight excluding hydrogens is 315 g/mol. The average molecular weight is 321 g/mol. The Morgan fingerprint density at radius 1 is 1.57 bits per heavy atom. The summed E-state index contributed by atoms with van der Waals surface area (Å²) in [6.07, 6.45) is 0. The summed E-state index contributed by atoms with van der Waals surface area (Å²) in [5.41, 5.74) is 0. The van der Waals surface area contributed by atoms with E-state index in [9.17, 15) is 8.42 Å². The van der Waals surface area contributed by atoms with Crippen LogP contribution in [-0.4, -0.2) is 47.4 Å². The summed E-state index contributed by atoms with van der Waals surface area (Å²) in [5.74, 6) is 0. The third-order valence-electron chi connectivity index (χ3n) is 0.211. The van der Waals surface area contributed by atoms with Crippen LogP contribution in [0.1, 0.15) is 0 Å².